The van der Waals surface area contributed by atoms with E-state index in [1.165, 1.54) is 0 Å². The summed E-state index contributed by atoms with van der Waals surface area (Å²) in [6.07, 6.45) is 0.755. The Labute approximate surface area is 111 Å². The van der Waals surface area contributed by atoms with Crippen molar-refractivity contribution in [2.75, 3.05) is 13.7 Å². The molecule has 0 spiro atoms. The highest BCUT2D eigenvalue weighted by Gasteiger charge is 2.25. The fraction of sp³-hybridized carbons (Fsp3) is 0.188. The smallest absolute Gasteiger partial charge is 0.339 e. The van der Waals surface area contributed by atoms with Crippen LogP contribution in [0.2, 0.25) is 0 Å². The van der Waals surface area contributed by atoms with Crippen LogP contribution in [0.4, 0.5) is 0 Å². The van der Waals surface area contributed by atoms with Gasteiger partial charge in [-0.1, -0.05) is 36.4 Å². The number of rotatable bonds is 2. The van der Waals surface area contributed by atoms with Crippen LogP contribution in [0.1, 0.15) is 15.9 Å². The van der Waals surface area contributed by atoms with Gasteiger partial charge in [-0.25, -0.2) is 4.79 Å². The third-order valence-electron chi connectivity index (χ3n) is 3.34. The lowest BCUT2D eigenvalue weighted by Crippen LogP contribution is -2.19. The maximum atomic E-state index is 12.1. The average Bonchev–Trinajstić information content (AvgIpc) is 2.47. The molecule has 0 saturated heterocycles. The zero-order chi connectivity index (χ0) is 13.2. The summed E-state index contributed by atoms with van der Waals surface area (Å²) in [6, 6.07) is 13.6. The molecule has 19 heavy (non-hydrogen) atoms. The lowest BCUT2D eigenvalue weighted by Gasteiger charge is -2.21. The number of esters is 1. The predicted molar refractivity (Wildman–Crippen MR) is 72.4 cm³/mol. The predicted octanol–water partition coefficient (Wildman–Crippen LogP) is 3.08. The summed E-state index contributed by atoms with van der Waals surface area (Å²) in [7, 11) is 1.61. The van der Waals surface area contributed by atoms with Crippen molar-refractivity contribution in [3.05, 3.63) is 53.6 Å². The number of methoxy groups -OCH3 is 1. The molecular formula is C16H14O3. The molecule has 0 aromatic heterocycles. The van der Waals surface area contributed by atoms with Gasteiger partial charge >= 0.3 is 5.97 Å². The molecule has 96 valence electrons. The van der Waals surface area contributed by atoms with Crippen LogP contribution in [0.5, 0.6) is 5.75 Å². The lowest BCUT2D eigenvalue weighted by molar-refractivity contribution is 0.0481. The van der Waals surface area contributed by atoms with Gasteiger partial charge in [-0.2, -0.15) is 0 Å². The zero-order valence-corrected chi connectivity index (χ0v) is 10.7. The minimum absolute atomic E-state index is 0.265. The van der Waals surface area contributed by atoms with E-state index in [0.29, 0.717) is 17.9 Å². The number of carbonyl (C=O) groups is 1. The van der Waals surface area contributed by atoms with Gasteiger partial charge in [0.1, 0.15) is 5.75 Å². The first-order valence-corrected chi connectivity index (χ1v) is 6.23. The molecule has 0 bridgehead atoms. The monoisotopic (exact) mass is 254 g/mol. The molecule has 2 aromatic carbocycles. The number of carbonyl (C=O) groups excluding carboxylic acids is 1. The van der Waals surface area contributed by atoms with E-state index >= 15 is 0 Å². The Morgan fingerprint density at radius 3 is 2.58 bits per heavy atom. The first-order valence-electron chi connectivity index (χ1n) is 6.23. The summed E-state index contributed by atoms with van der Waals surface area (Å²) in [6.45, 7) is 0.451. The Hall–Kier alpha value is -2.29. The molecule has 0 amide bonds. The Bertz CT molecular complexity index is 617. The molecule has 3 rings (SSSR count). The lowest BCUT2D eigenvalue weighted by atomic mass is 9.92. The van der Waals surface area contributed by atoms with Gasteiger partial charge in [-0.3, -0.25) is 0 Å². The molecule has 3 heteroatoms. The topological polar surface area (TPSA) is 35.5 Å². The van der Waals surface area contributed by atoms with E-state index in [-0.39, 0.29) is 5.97 Å². The van der Waals surface area contributed by atoms with Crippen molar-refractivity contribution in [2.45, 2.75) is 6.42 Å². The Morgan fingerprint density at radius 1 is 1.05 bits per heavy atom. The van der Waals surface area contributed by atoms with Gasteiger partial charge in [0, 0.05) is 12.0 Å². The highest BCUT2D eigenvalue weighted by molar-refractivity contribution is 6.01. The number of cyclic esters (lactones) is 1. The molecule has 1 heterocycles. The van der Waals surface area contributed by atoms with E-state index in [0.717, 1.165) is 23.1 Å². The first kappa shape index (κ1) is 11.8. The number of hydrogen-bond acceptors (Lipinski definition) is 3. The van der Waals surface area contributed by atoms with Crippen molar-refractivity contribution in [1.29, 1.82) is 0 Å². The van der Waals surface area contributed by atoms with Crippen molar-refractivity contribution in [3.63, 3.8) is 0 Å². The van der Waals surface area contributed by atoms with Gasteiger partial charge in [-0.05, 0) is 17.2 Å². The molecule has 1 aliphatic heterocycles. The van der Waals surface area contributed by atoms with Crippen molar-refractivity contribution in [3.8, 4) is 16.9 Å². The highest BCUT2D eigenvalue weighted by Crippen LogP contribution is 2.37. The van der Waals surface area contributed by atoms with Crippen molar-refractivity contribution in [1.82, 2.24) is 0 Å². The van der Waals surface area contributed by atoms with Crippen LogP contribution in [-0.4, -0.2) is 19.7 Å². The molecule has 0 unspecified atom stereocenters. The molecule has 2 aromatic rings. The number of ether oxygens (including phenoxy) is 2. The molecule has 3 nitrogen and oxygen atoms in total. The zero-order valence-electron chi connectivity index (χ0n) is 10.7. The van der Waals surface area contributed by atoms with Gasteiger partial charge in [0.15, 0.2) is 0 Å². The second-order valence-electron chi connectivity index (χ2n) is 4.43. The second-order valence-corrected chi connectivity index (χ2v) is 4.43. The molecular weight excluding hydrogens is 240 g/mol. The molecule has 1 aliphatic rings. The van der Waals surface area contributed by atoms with E-state index in [2.05, 4.69) is 0 Å². The minimum atomic E-state index is -0.265. The third kappa shape index (κ3) is 1.97. The van der Waals surface area contributed by atoms with Gasteiger partial charge in [0.25, 0.3) is 0 Å². The summed E-state index contributed by atoms with van der Waals surface area (Å²) >= 11 is 0. The van der Waals surface area contributed by atoms with Crippen molar-refractivity contribution < 1.29 is 14.3 Å². The quantitative estimate of drug-likeness (QED) is 0.773. The number of benzene rings is 2. The molecule has 0 saturated carbocycles. The Morgan fingerprint density at radius 2 is 1.84 bits per heavy atom. The maximum Gasteiger partial charge on any atom is 0.339 e. The van der Waals surface area contributed by atoms with Gasteiger partial charge in [-0.15, -0.1) is 0 Å². The molecule has 0 fully saturated rings. The highest BCUT2D eigenvalue weighted by atomic mass is 16.5. The Balaban J connectivity index is 2.29. The molecule has 0 atom stereocenters. The molecule has 0 aliphatic carbocycles. The number of hydrogen-bond donors (Lipinski definition) is 0. The summed E-state index contributed by atoms with van der Waals surface area (Å²) in [5.41, 5.74) is 3.45. The van der Waals surface area contributed by atoms with Crippen molar-refractivity contribution >= 4 is 5.97 Å². The maximum absolute atomic E-state index is 12.1. The average molecular weight is 254 g/mol. The van der Waals surface area contributed by atoms with E-state index in [1.54, 1.807) is 7.11 Å². The van der Waals surface area contributed by atoms with Crippen LogP contribution < -0.4 is 4.74 Å². The van der Waals surface area contributed by atoms with Crippen LogP contribution >= 0.6 is 0 Å². The van der Waals surface area contributed by atoms with Gasteiger partial charge in [0.2, 0.25) is 0 Å². The molecule has 0 radical (unpaired) electrons. The minimum Gasteiger partial charge on any atom is -0.496 e. The second kappa shape index (κ2) is 4.76. The third-order valence-corrected chi connectivity index (χ3v) is 3.34. The van der Waals surface area contributed by atoms with Crippen LogP contribution in [0, 0.1) is 0 Å². The van der Waals surface area contributed by atoms with E-state index < -0.39 is 0 Å². The fourth-order valence-electron chi connectivity index (χ4n) is 2.46. The van der Waals surface area contributed by atoms with Gasteiger partial charge in [0.05, 0.1) is 19.3 Å². The fourth-order valence-corrected chi connectivity index (χ4v) is 2.46. The summed E-state index contributed by atoms with van der Waals surface area (Å²) in [5.74, 6) is 0.433. The van der Waals surface area contributed by atoms with E-state index in [1.807, 2.05) is 42.5 Å². The van der Waals surface area contributed by atoms with Crippen LogP contribution in [0.25, 0.3) is 11.1 Å². The standard InChI is InChI=1S/C16H14O3/c1-18-13-8-7-12-9-10-19-16(17)15(12)14(13)11-5-3-2-4-6-11/h2-8H,9-10H2,1H3. The van der Waals surface area contributed by atoms with E-state index in [4.69, 9.17) is 9.47 Å². The first-order chi connectivity index (χ1) is 9.31. The SMILES string of the molecule is COc1ccc2c(c1-c1ccccc1)C(=O)OCC2. The Kier molecular flexibility index (Phi) is 2.95. The summed E-state index contributed by atoms with van der Waals surface area (Å²) in [4.78, 5) is 12.1. The summed E-state index contributed by atoms with van der Waals surface area (Å²) in [5, 5.41) is 0. The van der Waals surface area contributed by atoms with Crippen molar-refractivity contribution in [2.24, 2.45) is 0 Å². The summed E-state index contributed by atoms with van der Waals surface area (Å²) < 4.78 is 10.6. The normalized spacial score (nSPS) is 13.6. The number of fused-ring (bicyclic) bond motifs is 1. The van der Waals surface area contributed by atoms with Crippen LogP contribution in [0.3, 0.4) is 0 Å². The largest absolute Gasteiger partial charge is 0.496 e. The van der Waals surface area contributed by atoms with E-state index in [9.17, 15) is 4.79 Å². The van der Waals surface area contributed by atoms with Crippen LogP contribution in [0.15, 0.2) is 42.5 Å². The van der Waals surface area contributed by atoms with Gasteiger partial charge < -0.3 is 9.47 Å². The molecule has 0 N–H and O–H groups in total. The van der Waals surface area contributed by atoms with Crippen LogP contribution in [-0.2, 0) is 11.2 Å².